The SMILES string of the molecule is O=C(Nc1ccncc1Br)c1cccn1Cc1ccccc1. The molecule has 0 aliphatic rings. The Balaban J connectivity index is 1.79. The predicted molar refractivity (Wildman–Crippen MR) is 89.9 cm³/mol. The van der Waals surface area contributed by atoms with E-state index in [4.69, 9.17) is 0 Å². The Morgan fingerprint density at radius 2 is 1.95 bits per heavy atom. The van der Waals surface area contributed by atoms with Crippen LogP contribution >= 0.6 is 15.9 Å². The van der Waals surface area contributed by atoms with Gasteiger partial charge in [0.15, 0.2) is 0 Å². The number of amides is 1. The molecule has 0 fully saturated rings. The average Bonchev–Trinajstić information content (AvgIpc) is 2.99. The maximum Gasteiger partial charge on any atom is 0.272 e. The largest absolute Gasteiger partial charge is 0.339 e. The van der Waals surface area contributed by atoms with Gasteiger partial charge in [-0.25, -0.2) is 0 Å². The summed E-state index contributed by atoms with van der Waals surface area (Å²) in [5.41, 5.74) is 2.47. The second kappa shape index (κ2) is 6.58. The molecular weight excluding hydrogens is 342 g/mol. The van der Waals surface area contributed by atoms with Crippen LogP contribution in [0.1, 0.15) is 16.1 Å². The minimum absolute atomic E-state index is 0.146. The summed E-state index contributed by atoms with van der Waals surface area (Å²) in [5.74, 6) is -0.146. The molecule has 0 unspecified atom stereocenters. The maximum absolute atomic E-state index is 12.5. The van der Waals surface area contributed by atoms with Gasteiger partial charge in [-0.3, -0.25) is 9.78 Å². The van der Waals surface area contributed by atoms with Gasteiger partial charge in [-0.05, 0) is 39.7 Å². The van der Waals surface area contributed by atoms with E-state index in [0.717, 1.165) is 10.0 Å². The third kappa shape index (κ3) is 3.26. The highest BCUT2D eigenvalue weighted by Gasteiger charge is 2.12. The van der Waals surface area contributed by atoms with Crippen LogP contribution in [0.25, 0.3) is 0 Å². The van der Waals surface area contributed by atoms with E-state index in [1.165, 1.54) is 0 Å². The summed E-state index contributed by atoms with van der Waals surface area (Å²) in [7, 11) is 0. The molecule has 2 aromatic heterocycles. The van der Waals surface area contributed by atoms with E-state index in [1.54, 1.807) is 18.5 Å². The van der Waals surface area contributed by atoms with Gasteiger partial charge >= 0.3 is 0 Å². The summed E-state index contributed by atoms with van der Waals surface area (Å²) >= 11 is 3.38. The molecule has 3 aromatic rings. The van der Waals surface area contributed by atoms with Gasteiger partial charge in [0.1, 0.15) is 5.69 Å². The van der Waals surface area contributed by atoms with E-state index in [9.17, 15) is 4.79 Å². The van der Waals surface area contributed by atoms with E-state index >= 15 is 0 Å². The Kier molecular flexibility index (Phi) is 4.34. The lowest BCUT2D eigenvalue weighted by atomic mass is 10.2. The van der Waals surface area contributed by atoms with Crippen LogP contribution in [0.3, 0.4) is 0 Å². The zero-order valence-electron chi connectivity index (χ0n) is 11.7. The predicted octanol–water partition coefficient (Wildman–Crippen LogP) is 3.95. The minimum atomic E-state index is -0.146. The fourth-order valence-electron chi connectivity index (χ4n) is 2.20. The zero-order chi connectivity index (χ0) is 15.4. The van der Waals surface area contributed by atoms with Crippen molar-refractivity contribution in [2.24, 2.45) is 0 Å². The molecule has 5 heteroatoms. The highest BCUT2D eigenvalue weighted by atomic mass is 79.9. The van der Waals surface area contributed by atoms with Crippen LogP contribution < -0.4 is 5.32 Å². The molecule has 0 bridgehead atoms. The lowest BCUT2D eigenvalue weighted by molar-refractivity contribution is 0.101. The molecule has 1 amide bonds. The highest BCUT2D eigenvalue weighted by molar-refractivity contribution is 9.10. The Bertz CT molecular complexity index is 783. The van der Waals surface area contributed by atoms with Gasteiger partial charge in [0.05, 0.1) is 10.2 Å². The van der Waals surface area contributed by atoms with Gasteiger partial charge < -0.3 is 9.88 Å². The molecule has 110 valence electrons. The number of aromatic nitrogens is 2. The van der Waals surface area contributed by atoms with Crippen molar-refractivity contribution in [3.63, 3.8) is 0 Å². The monoisotopic (exact) mass is 355 g/mol. The van der Waals surface area contributed by atoms with Gasteiger partial charge in [-0.1, -0.05) is 30.3 Å². The van der Waals surface area contributed by atoms with Crippen LogP contribution in [0, 0.1) is 0 Å². The number of hydrogen-bond donors (Lipinski definition) is 1. The number of nitrogens with one attached hydrogen (secondary N) is 1. The summed E-state index contributed by atoms with van der Waals surface area (Å²) < 4.78 is 2.68. The number of nitrogens with zero attached hydrogens (tertiary/aromatic N) is 2. The number of carbonyl (C=O) groups excluding carboxylic acids is 1. The molecule has 0 atom stereocenters. The first kappa shape index (κ1) is 14.5. The topological polar surface area (TPSA) is 46.9 Å². The number of carbonyl (C=O) groups is 1. The third-order valence-electron chi connectivity index (χ3n) is 3.28. The fraction of sp³-hybridized carbons (Fsp3) is 0.0588. The van der Waals surface area contributed by atoms with Gasteiger partial charge in [0.25, 0.3) is 5.91 Å². The Hall–Kier alpha value is -2.40. The molecule has 2 heterocycles. The number of rotatable bonds is 4. The number of halogens is 1. The highest BCUT2D eigenvalue weighted by Crippen LogP contribution is 2.21. The van der Waals surface area contributed by atoms with Gasteiger partial charge in [-0.2, -0.15) is 0 Å². The fourth-order valence-corrected chi connectivity index (χ4v) is 2.55. The molecule has 1 N–H and O–H groups in total. The van der Waals surface area contributed by atoms with Gasteiger partial charge in [0, 0.05) is 25.1 Å². The van der Waals surface area contributed by atoms with Crippen LogP contribution in [0.4, 0.5) is 5.69 Å². The molecule has 0 saturated carbocycles. The number of pyridine rings is 1. The Morgan fingerprint density at radius 1 is 1.14 bits per heavy atom. The van der Waals surface area contributed by atoms with Crippen molar-refractivity contribution >= 4 is 27.5 Å². The molecular formula is C17H14BrN3O. The Morgan fingerprint density at radius 3 is 2.73 bits per heavy atom. The second-order valence-corrected chi connectivity index (χ2v) is 5.67. The first-order chi connectivity index (χ1) is 10.7. The molecule has 0 saturated heterocycles. The molecule has 1 aromatic carbocycles. The lowest BCUT2D eigenvalue weighted by Gasteiger charge is -2.10. The molecule has 3 rings (SSSR count). The summed E-state index contributed by atoms with van der Waals surface area (Å²) in [4.78, 5) is 16.5. The van der Waals surface area contributed by atoms with Crippen molar-refractivity contribution in [2.75, 3.05) is 5.32 Å². The molecule has 0 aliphatic heterocycles. The standard InChI is InChI=1S/C17H14BrN3O/c18-14-11-19-9-8-15(14)20-17(22)16-7-4-10-21(16)12-13-5-2-1-3-6-13/h1-11H,12H2,(H,19,20,22). The zero-order valence-corrected chi connectivity index (χ0v) is 13.3. The summed E-state index contributed by atoms with van der Waals surface area (Å²) in [6, 6.07) is 15.5. The summed E-state index contributed by atoms with van der Waals surface area (Å²) in [6.07, 6.45) is 5.20. The molecule has 0 spiro atoms. The Labute approximate surface area is 136 Å². The van der Waals surface area contributed by atoms with Crippen molar-refractivity contribution < 1.29 is 4.79 Å². The first-order valence-electron chi connectivity index (χ1n) is 6.84. The van der Waals surface area contributed by atoms with Crippen molar-refractivity contribution in [2.45, 2.75) is 6.54 Å². The summed E-state index contributed by atoms with van der Waals surface area (Å²) in [5, 5.41) is 2.89. The smallest absolute Gasteiger partial charge is 0.272 e. The molecule has 0 aliphatic carbocycles. The maximum atomic E-state index is 12.5. The molecule has 0 radical (unpaired) electrons. The van der Waals surface area contributed by atoms with E-state index in [2.05, 4.69) is 26.2 Å². The van der Waals surface area contributed by atoms with E-state index in [1.807, 2.05) is 53.2 Å². The average molecular weight is 356 g/mol. The lowest BCUT2D eigenvalue weighted by Crippen LogP contribution is -2.17. The summed E-state index contributed by atoms with van der Waals surface area (Å²) in [6.45, 7) is 0.661. The van der Waals surface area contributed by atoms with Gasteiger partial charge in [-0.15, -0.1) is 0 Å². The first-order valence-corrected chi connectivity index (χ1v) is 7.63. The quantitative estimate of drug-likeness (QED) is 0.770. The van der Waals surface area contributed by atoms with Crippen LogP contribution in [0.5, 0.6) is 0 Å². The van der Waals surface area contributed by atoms with Crippen LogP contribution in [-0.2, 0) is 6.54 Å². The van der Waals surface area contributed by atoms with E-state index in [-0.39, 0.29) is 5.91 Å². The molecule has 22 heavy (non-hydrogen) atoms. The van der Waals surface area contributed by atoms with Crippen LogP contribution in [0.2, 0.25) is 0 Å². The number of hydrogen-bond acceptors (Lipinski definition) is 2. The molecule has 4 nitrogen and oxygen atoms in total. The van der Waals surface area contributed by atoms with Gasteiger partial charge in [0.2, 0.25) is 0 Å². The van der Waals surface area contributed by atoms with Crippen LogP contribution in [0.15, 0.2) is 71.6 Å². The van der Waals surface area contributed by atoms with E-state index < -0.39 is 0 Å². The third-order valence-corrected chi connectivity index (χ3v) is 3.91. The van der Waals surface area contributed by atoms with Crippen molar-refractivity contribution in [3.05, 3.63) is 82.9 Å². The van der Waals surface area contributed by atoms with Crippen molar-refractivity contribution in [3.8, 4) is 0 Å². The normalized spacial score (nSPS) is 10.4. The second-order valence-electron chi connectivity index (χ2n) is 4.82. The van der Waals surface area contributed by atoms with E-state index in [0.29, 0.717) is 17.9 Å². The van der Waals surface area contributed by atoms with Crippen LogP contribution in [-0.4, -0.2) is 15.5 Å². The van der Waals surface area contributed by atoms with Crippen molar-refractivity contribution in [1.82, 2.24) is 9.55 Å². The number of benzene rings is 1. The number of anilines is 1. The van der Waals surface area contributed by atoms with Crippen molar-refractivity contribution in [1.29, 1.82) is 0 Å². The minimum Gasteiger partial charge on any atom is -0.339 e.